The summed E-state index contributed by atoms with van der Waals surface area (Å²) in [6.45, 7) is 3.86. The van der Waals surface area contributed by atoms with E-state index < -0.39 is 0 Å². The number of nitrogens with zero attached hydrogens (tertiary/aromatic N) is 4. The van der Waals surface area contributed by atoms with Crippen LogP contribution < -0.4 is 14.5 Å². The number of hydrogen-bond acceptors (Lipinski definition) is 5. The molecule has 0 aliphatic carbocycles. The standard InChI is InChI=1S/C19H20N4O/c1-24-16-7-8-18-17(13-16)19(21-14-20-18)23-11-9-22(10-12-23)15-5-3-2-4-6-15/h2-8,13-14H,9-12H2,1H3. The van der Waals surface area contributed by atoms with Gasteiger partial charge in [0.1, 0.15) is 17.9 Å². The zero-order chi connectivity index (χ0) is 16.4. The number of piperazine rings is 1. The second-order valence-electron chi connectivity index (χ2n) is 5.89. The minimum atomic E-state index is 0.835. The van der Waals surface area contributed by atoms with Crippen LogP contribution in [0, 0.1) is 0 Å². The third-order valence-electron chi connectivity index (χ3n) is 4.52. The molecular formula is C19H20N4O. The van der Waals surface area contributed by atoms with E-state index in [9.17, 15) is 0 Å². The Bertz CT molecular complexity index is 829. The Labute approximate surface area is 141 Å². The lowest BCUT2D eigenvalue weighted by Gasteiger charge is -2.37. The number of aromatic nitrogens is 2. The molecule has 122 valence electrons. The molecule has 0 radical (unpaired) electrons. The first-order valence-electron chi connectivity index (χ1n) is 8.19. The molecule has 0 unspecified atom stereocenters. The van der Waals surface area contributed by atoms with Crippen molar-refractivity contribution in [2.45, 2.75) is 0 Å². The molecular weight excluding hydrogens is 300 g/mol. The van der Waals surface area contributed by atoms with Gasteiger partial charge in [0.15, 0.2) is 0 Å². The van der Waals surface area contributed by atoms with E-state index in [4.69, 9.17) is 4.74 Å². The smallest absolute Gasteiger partial charge is 0.140 e. The van der Waals surface area contributed by atoms with Crippen LogP contribution in [0.3, 0.4) is 0 Å². The summed E-state index contributed by atoms with van der Waals surface area (Å²) in [5.41, 5.74) is 2.23. The third-order valence-corrected chi connectivity index (χ3v) is 4.52. The summed E-state index contributed by atoms with van der Waals surface area (Å²) in [4.78, 5) is 13.7. The molecule has 5 heteroatoms. The maximum absolute atomic E-state index is 5.36. The van der Waals surface area contributed by atoms with Gasteiger partial charge in [-0.1, -0.05) is 18.2 Å². The largest absolute Gasteiger partial charge is 0.497 e. The number of anilines is 2. The van der Waals surface area contributed by atoms with Crippen LogP contribution >= 0.6 is 0 Å². The van der Waals surface area contributed by atoms with Gasteiger partial charge in [-0.15, -0.1) is 0 Å². The van der Waals surface area contributed by atoms with E-state index in [1.165, 1.54) is 5.69 Å². The lowest BCUT2D eigenvalue weighted by Crippen LogP contribution is -2.46. The van der Waals surface area contributed by atoms with Gasteiger partial charge in [-0.3, -0.25) is 0 Å². The molecule has 0 amide bonds. The highest BCUT2D eigenvalue weighted by Gasteiger charge is 2.20. The van der Waals surface area contributed by atoms with E-state index in [2.05, 4.69) is 50.1 Å². The van der Waals surface area contributed by atoms with Crippen LogP contribution in [-0.2, 0) is 0 Å². The van der Waals surface area contributed by atoms with Gasteiger partial charge in [0.25, 0.3) is 0 Å². The van der Waals surface area contributed by atoms with Gasteiger partial charge >= 0.3 is 0 Å². The zero-order valence-electron chi connectivity index (χ0n) is 13.7. The fraction of sp³-hybridized carbons (Fsp3) is 0.263. The van der Waals surface area contributed by atoms with Crippen LogP contribution in [0.5, 0.6) is 5.75 Å². The number of para-hydroxylation sites is 1. The van der Waals surface area contributed by atoms with Crippen molar-refractivity contribution >= 4 is 22.4 Å². The van der Waals surface area contributed by atoms with Gasteiger partial charge in [0, 0.05) is 37.3 Å². The average Bonchev–Trinajstić information content (AvgIpc) is 2.68. The van der Waals surface area contributed by atoms with E-state index in [-0.39, 0.29) is 0 Å². The summed E-state index contributed by atoms with van der Waals surface area (Å²) in [5.74, 6) is 1.83. The van der Waals surface area contributed by atoms with E-state index in [0.29, 0.717) is 0 Å². The van der Waals surface area contributed by atoms with Crippen molar-refractivity contribution in [3.63, 3.8) is 0 Å². The summed E-state index contributed by atoms with van der Waals surface area (Å²) in [7, 11) is 1.68. The minimum absolute atomic E-state index is 0.835. The van der Waals surface area contributed by atoms with Crippen molar-refractivity contribution in [3.05, 3.63) is 54.9 Å². The molecule has 0 spiro atoms. The van der Waals surface area contributed by atoms with Crippen molar-refractivity contribution in [3.8, 4) is 5.75 Å². The average molecular weight is 320 g/mol. The molecule has 2 heterocycles. The number of benzene rings is 2. The molecule has 1 saturated heterocycles. The molecule has 0 N–H and O–H groups in total. The molecule has 1 aliphatic heterocycles. The van der Waals surface area contributed by atoms with Crippen molar-refractivity contribution in [2.24, 2.45) is 0 Å². The van der Waals surface area contributed by atoms with Crippen LogP contribution in [0.25, 0.3) is 10.9 Å². The summed E-state index contributed by atoms with van der Waals surface area (Å²) in [6, 6.07) is 16.5. The highest BCUT2D eigenvalue weighted by Crippen LogP contribution is 2.28. The van der Waals surface area contributed by atoms with Gasteiger partial charge in [0.05, 0.1) is 12.6 Å². The first-order valence-corrected chi connectivity index (χ1v) is 8.19. The molecule has 24 heavy (non-hydrogen) atoms. The predicted molar refractivity (Wildman–Crippen MR) is 97.0 cm³/mol. The van der Waals surface area contributed by atoms with E-state index in [1.807, 2.05) is 18.2 Å². The molecule has 0 bridgehead atoms. The monoisotopic (exact) mass is 320 g/mol. The minimum Gasteiger partial charge on any atom is -0.497 e. The fourth-order valence-corrected chi connectivity index (χ4v) is 3.22. The van der Waals surface area contributed by atoms with Gasteiger partial charge in [0.2, 0.25) is 0 Å². The van der Waals surface area contributed by atoms with Gasteiger partial charge in [-0.25, -0.2) is 9.97 Å². The number of methoxy groups -OCH3 is 1. The Kier molecular flexibility index (Phi) is 3.91. The highest BCUT2D eigenvalue weighted by atomic mass is 16.5. The Hall–Kier alpha value is -2.82. The van der Waals surface area contributed by atoms with Gasteiger partial charge in [-0.05, 0) is 30.3 Å². The molecule has 2 aromatic carbocycles. The van der Waals surface area contributed by atoms with Crippen molar-refractivity contribution in [1.82, 2.24) is 9.97 Å². The normalized spacial score (nSPS) is 14.9. The molecule has 0 saturated carbocycles. The number of fused-ring (bicyclic) bond motifs is 1. The van der Waals surface area contributed by atoms with Crippen LogP contribution in [0.15, 0.2) is 54.9 Å². The molecule has 0 atom stereocenters. The van der Waals surface area contributed by atoms with Gasteiger partial charge < -0.3 is 14.5 Å². The molecule has 3 aromatic rings. The highest BCUT2D eigenvalue weighted by molar-refractivity contribution is 5.90. The zero-order valence-corrected chi connectivity index (χ0v) is 13.7. The second kappa shape index (κ2) is 6.35. The van der Waals surface area contributed by atoms with E-state index in [0.717, 1.165) is 48.6 Å². The van der Waals surface area contributed by atoms with Crippen LogP contribution in [0.2, 0.25) is 0 Å². The molecule has 1 fully saturated rings. The van der Waals surface area contributed by atoms with Crippen molar-refractivity contribution in [2.75, 3.05) is 43.1 Å². The lowest BCUT2D eigenvalue weighted by molar-refractivity contribution is 0.415. The Morgan fingerprint density at radius 1 is 0.875 bits per heavy atom. The van der Waals surface area contributed by atoms with Crippen molar-refractivity contribution < 1.29 is 4.74 Å². The Balaban J connectivity index is 1.58. The molecule has 1 aromatic heterocycles. The third kappa shape index (κ3) is 2.73. The number of ether oxygens (including phenoxy) is 1. The van der Waals surface area contributed by atoms with E-state index >= 15 is 0 Å². The van der Waals surface area contributed by atoms with Crippen LogP contribution in [-0.4, -0.2) is 43.3 Å². The first-order chi connectivity index (χ1) is 11.8. The molecule has 1 aliphatic rings. The number of hydrogen-bond donors (Lipinski definition) is 0. The molecule has 4 rings (SSSR count). The fourth-order valence-electron chi connectivity index (χ4n) is 3.22. The van der Waals surface area contributed by atoms with Gasteiger partial charge in [-0.2, -0.15) is 0 Å². The summed E-state index contributed by atoms with van der Waals surface area (Å²) >= 11 is 0. The summed E-state index contributed by atoms with van der Waals surface area (Å²) in [5, 5.41) is 1.05. The lowest BCUT2D eigenvalue weighted by atomic mass is 10.2. The summed E-state index contributed by atoms with van der Waals surface area (Å²) < 4.78 is 5.36. The SMILES string of the molecule is COc1ccc2ncnc(N3CCN(c4ccccc4)CC3)c2c1. The Morgan fingerprint density at radius 3 is 2.38 bits per heavy atom. The quantitative estimate of drug-likeness (QED) is 0.742. The molecule has 5 nitrogen and oxygen atoms in total. The van der Waals surface area contributed by atoms with Crippen LogP contribution in [0.4, 0.5) is 11.5 Å². The van der Waals surface area contributed by atoms with Crippen LogP contribution in [0.1, 0.15) is 0 Å². The predicted octanol–water partition coefficient (Wildman–Crippen LogP) is 2.97. The maximum Gasteiger partial charge on any atom is 0.140 e. The maximum atomic E-state index is 5.36. The second-order valence-corrected chi connectivity index (χ2v) is 5.89. The number of rotatable bonds is 3. The Morgan fingerprint density at radius 2 is 1.62 bits per heavy atom. The topological polar surface area (TPSA) is 41.5 Å². The summed E-state index contributed by atoms with van der Waals surface area (Å²) in [6.07, 6.45) is 1.65. The van der Waals surface area contributed by atoms with Crippen molar-refractivity contribution in [1.29, 1.82) is 0 Å². The first kappa shape index (κ1) is 14.8. The van der Waals surface area contributed by atoms with E-state index in [1.54, 1.807) is 13.4 Å².